The largest absolute Gasteiger partial charge is 0.456 e. The third-order valence-corrected chi connectivity index (χ3v) is 12.7. The zero-order valence-corrected chi connectivity index (χ0v) is 32.0. The van der Waals surface area contributed by atoms with E-state index < -0.39 is 0 Å². The monoisotopic (exact) mass is 759 g/mol. The summed E-state index contributed by atoms with van der Waals surface area (Å²) in [5, 5.41) is 6.73. The number of nitrogens with zero attached hydrogens (tertiary/aromatic N) is 1. The standard InChI is InChI=1S/C54H33NO2S/c1-4-15-34(16-5-1)37-27-28-43-48(33-37)57-53-39(36-19-8-3-9-20-36)29-31-44(50(43)53)55(45-24-14-23-41-40-21-11-13-26-49(40)58-54(41)45)52-38(35-17-6-2-7-18-35)30-32-47-51(52)42-22-10-12-25-46(42)56-47/h1-33H. The van der Waals surface area contributed by atoms with E-state index in [1.54, 1.807) is 0 Å². The summed E-state index contributed by atoms with van der Waals surface area (Å²) in [4.78, 5) is 2.50. The Kier molecular flexibility index (Phi) is 7.40. The van der Waals surface area contributed by atoms with Gasteiger partial charge in [-0.1, -0.05) is 146 Å². The summed E-state index contributed by atoms with van der Waals surface area (Å²) in [5.74, 6) is 0. The van der Waals surface area contributed by atoms with Crippen molar-refractivity contribution in [2.75, 3.05) is 4.90 Å². The highest BCUT2D eigenvalue weighted by atomic mass is 32.1. The SMILES string of the molecule is c1ccc(-c2ccc3c(c2)oc2c(-c4ccccc4)ccc(N(c4cccc5c4sc4ccccc45)c4c(-c5ccccc5)ccc5oc6ccccc6c45)c23)cc1. The maximum Gasteiger partial charge on any atom is 0.145 e. The van der Waals surface area contributed by atoms with E-state index in [1.165, 1.54) is 20.2 Å². The second-order valence-electron chi connectivity index (χ2n) is 14.8. The molecule has 3 aromatic heterocycles. The van der Waals surface area contributed by atoms with Crippen LogP contribution < -0.4 is 4.90 Å². The number of benzene rings is 9. The van der Waals surface area contributed by atoms with Gasteiger partial charge in [-0.05, 0) is 76.9 Å². The van der Waals surface area contributed by atoms with Crippen LogP contribution in [-0.2, 0) is 0 Å². The Morgan fingerprint density at radius 3 is 1.79 bits per heavy atom. The van der Waals surface area contributed by atoms with Gasteiger partial charge in [0, 0.05) is 37.4 Å². The molecule has 3 heterocycles. The lowest BCUT2D eigenvalue weighted by atomic mass is 9.95. The molecule has 0 bridgehead atoms. The molecule has 0 unspecified atom stereocenters. The van der Waals surface area contributed by atoms with E-state index in [2.05, 4.69) is 199 Å². The van der Waals surface area contributed by atoms with E-state index in [0.717, 1.165) is 94.3 Å². The number of para-hydroxylation sites is 1. The summed E-state index contributed by atoms with van der Waals surface area (Å²) in [6, 6.07) is 71.3. The molecule has 0 fully saturated rings. The van der Waals surface area contributed by atoms with Crippen LogP contribution in [0.25, 0.3) is 97.4 Å². The van der Waals surface area contributed by atoms with Crippen molar-refractivity contribution in [3.63, 3.8) is 0 Å². The van der Waals surface area contributed by atoms with Crippen LogP contribution in [0.4, 0.5) is 17.1 Å². The number of fused-ring (bicyclic) bond motifs is 9. The lowest BCUT2D eigenvalue weighted by Crippen LogP contribution is -2.12. The highest BCUT2D eigenvalue weighted by molar-refractivity contribution is 7.26. The van der Waals surface area contributed by atoms with Crippen LogP contribution in [0.15, 0.2) is 209 Å². The predicted molar refractivity (Wildman–Crippen MR) is 245 cm³/mol. The lowest BCUT2D eigenvalue weighted by molar-refractivity contribution is 0.669. The van der Waals surface area contributed by atoms with Crippen molar-refractivity contribution < 1.29 is 8.83 Å². The summed E-state index contributed by atoms with van der Waals surface area (Å²) in [5.41, 5.74) is 13.2. The Hall–Kier alpha value is -7.40. The number of anilines is 3. The van der Waals surface area contributed by atoms with Crippen molar-refractivity contribution in [1.29, 1.82) is 0 Å². The Morgan fingerprint density at radius 1 is 0.362 bits per heavy atom. The summed E-state index contributed by atoms with van der Waals surface area (Å²) in [7, 11) is 0. The first-order valence-corrected chi connectivity index (χ1v) is 20.4. The first-order valence-electron chi connectivity index (χ1n) is 19.6. The summed E-state index contributed by atoms with van der Waals surface area (Å²) < 4.78 is 16.3. The Balaban J connectivity index is 1.26. The zero-order valence-electron chi connectivity index (χ0n) is 31.2. The number of hydrogen-bond acceptors (Lipinski definition) is 4. The van der Waals surface area contributed by atoms with Gasteiger partial charge < -0.3 is 13.7 Å². The third-order valence-electron chi connectivity index (χ3n) is 11.5. The van der Waals surface area contributed by atoms with Crippen LogP contribution >= 0.6 is 11.3 Å². The number of thiophene rings is 1. The van der Waals surface area contributed by atoms with E-state index in [9.17, 15) is 0 Å². The fourth-order valence-corrected chi connectivity index (χ4v) is 10.1. The van der Waals surface area contributed by atoms with Gasteiger partial charge in [0.15, 0.2) is 0 Å². The van der Waals surface area contributed by atoms with Gasteiger partial charge in [-0.3, -0.25) is 0 Å². The first kappa shape index (κ1) is 32.8. The van der Waals surface area contributed by atoms with Crippen LogP contribution in [0.2, 0.25) is 0 Å². The molecule has 0 saturated carbocycles. The van der Waals surface area contributed by atoms with Crippen molar-refractivity contribution in [2.45, 2.75) is 0 Å². The van der Waals surface area contributed by atoms with Gasteiger partial charge in [0.1, 0.15) is 22.3 Å². The van der Waals surface area contributed by atoms with Crippen LogP contribution in [0.5, 0.6) is 0 Å². The van der Waals surface area contributed by atoms with E-state index in [-0.39, 0.29) is 0 Å². The molecule has 12 aromatic rings. The molecule has 58 heavy (non-hydrogen) atoms. The molecule has 0 N–H and O–H groups in total. The molecule has 9 aromatic carbocycles. The van der Waals surface area contributed by atoms with E-state index in [0.29, 0.717) is 0 Å². The molecule has 272 valence electrons. The molecule has 0 aliphatic heterocycles. The maximum absolute atomic E-state index is 7.11. The molecule has 0 radical (unpaired) electrons. The van der Waals surface area contributed by atoms with Gasteiger partial charge in [0.2, 0.25) is 0 Å². The molecule has 0 spiro atoms. The Morgan fingerprint density at radius 2 is 1.00 bits per heavy atom. The van der Waals surface area contributed by atoms with Crippen molar-refractivity contribution in [3.8, 4) is 33.4 Å². The van der Waals surface area contributed by atoms with E-state index >= 15 is 0 Å². The second kappa shape index (κ2) is 13.1. The zero-order chi connectivity index (χ0) is 38.2. The number of rotatable bonds is 6. The second-order valence-corrected chi connectivity index (χ2v) is 15.8. The molecule has 4 heteroatoms. The van der Waals surface area contributed by atoms with Gasteiger partial charge in [-0.25, -0.2) is 0 Å². The molecular weight excluding hydrogens is 727 g/mol. The maximum atomic E-state index is 7.11. The highest BCUT2D eigenvalue weighted by Crippen LogP contribution is 2.54. The smallest absolute Gasteiger partial charge is 0.145 e. The average molecular weight is 760 g/mol. The molecular formula is C54H33NO2S. The van der Waals surface area contributed by atoms with Crippen LogP contribution in [0.1, 0.15) is 0 Å². The van der Waals surface area contributed by atoms with Gasteiger partial charge in [0.25, 0.3) is 0 Å². The van der Waals surface area contributed by atoms with Crippen molar-refractivity contribution in [2.24, 2.45) is 0 Å². The predicted octanol–water partition coefficient (Wildman–Crippen LogP) is 16.3. The minimum atomic E-state index is 0.839. The third kappa shape index (κ3) is 5.05. The summed E-state index contributed by atoms with van der Waals surface area (Å²) in [6.45, 7) is 0. The van der Waals surface area contributed by atoms with Gasteiger partial charge in [0.05, 0.1) is 32.5 Å². The number of furan rings is 2. The lowest BCUT2D eigenvalue weighted by Gasteiger charge is -2.30. The van der Waals surface area contributed by atoms with Crippen LogP contribution in [-0.4, -0.2) is 0 Å². The fraction of sp³-hybridized carbons (Fsp3) is 0. The Bertz CT molecular complexity index is 3510. The fourth-order valence-electron chi connectivity index (χ4n) is 8.86. The van der Waals surface area contributed by atoms with E-state index in [1.807, 2.05) is 17.4 Å². The van der Waals surface area contributed by atoms with Gasteiger partial charge in [-0.2, -0.15) is 0 Å². The quantitative estimate of drug-likeness (QED) is 0.169. The molecule has 0 aliphatic rings. The Labute approximate surface area is 338 Å². The molecule has 12 rings (SSSR count). The normalized spacial score (nSPS) is 11.8. The average Bonchev–Trinajstić information content (AvgIpc) is 3.99. The van der Waals surface area contributed by atoms with Crippen molar-refractivity contribution >= 4 is 92.4 Å². The van der Waals surface area contributed by atoms with Gasteiger partial charge >= 0.3 is 0 Å². The highest BCUT2D eigenvalue weighted by Gasteiger charge is 2.29. The number of hydrogen-bond donors (Lipinski definition) is 0. The molecule has 0 aliphatic carbocycles. The molecule has 0 atom stereocenters. The minimum Gasteiger partial charge on any atom is -0.456 e. The van der Waals surface area contributed by atoms with Crippen molar-refractivity contribution in [3.05, 3.63) is 200 Å². The first-order chi connectivity index (χ1) is 28.8. The van der Waals surface area contributed by atoms with Crippen LogP contribution in [0.3, 0.4) is 0 Å². The minimum absolute atomic E-state index is 0.839. The molecule has 3 nitrogen and oxygen atoms in total. The van der Waals surface area contributed by atoms with E-state index in [4.69, 9.17) is 8.83 Å². The molecule has 0 amide bonds. The topological polar surface area (TPSA) is 29.5 Å². The summed E-state index contributed by atoms with van der Waals surface area (Å²) >= 11 is 1.84. The molecule has 0 saturated heterocycles. The van der Waals surface area contributed by atoms with Crippen LogP contribution in [0, 0.1) is 0 Å². The van der Waals surface area contributed by atoms with Gasteiger partial charge in [-0.15, -0.1) is 11.3 Å². The summed E-state index contributed by atoms with van der Waals surface area (Å²) in [6.07, 6.45) is 0. The van der Waals surface area contributed by atoms with Crippen molar-refractivity contribution in [1.82, 2.24) is 0 Å².